The molecule has 0 aliphatic rings. The zero-order valence-electron chi connectivity index (χ0n) is 12.6. The molecule has 1 heterocycles. The highest BCUT2D eigenvalue weighted by molar-refractivity contribution is 5.79. The Kier molecular flexibility index (Phi) is 4.92. The van der Waals surface area contributed by atoms with Crippen LogP contribution < -0.4 is 10.2 Å². The molecule has 1 aromatic heterocycles. The Balaban J connectivity index is 1.86. The van der Waals surface area contributed by atoms with E-state index >= 15 is 0 Å². The zero-order chi connectivity index (χ0) is 15.2. The molecule has 0 spiro atoms. The van der Waals surface area contributed by atoms with Crippen LogP contribution in [0, 0.1) is 0 Å². The second-order valence-electron chi connectivity index (χ2n) is 5.09. The lowest BCUT2D eigenvalue weighted by Gasteiger charge is -2.27. The van der Waals surface area contributed by atoms with Crippen LogP contribution in [0.1, 0.15) is 19.9 Å². The molecule has 0 bridgehead atoms. The topological polar surface area (TPSA) is 63.1 Å². The average Bonchev–Trinajstić information content (AvgIpc) is 3.06. The van der Waals surface area contributed by atoms with E-state index in [1.54, 1.807) is 17.9 Å². The third kappa shape index (κ3) is 3.81. The van der Waals surface area contributed by atoms with Crippen molar-refractivity contribution in [3.63, 3.8) is 0 Å². The van der Waals surface area contributed by atoms with Gasteiger partial charge < -0.3 is 10.2 Å². The zero-order valence-corrected chi connectivity index (χ0v) is 12.6. The summed E-state index contributed by atoms with van der Waals surface area (Å²) < 4.78 is 1.54. The lowest BCUT2D eigenvalue weighted by atomic mass is 10.2. The van der Waals surface area contributed by atoms with E-state index < -0.39 is 0 Å². The van der Waals surface area contributed by atoms with Gasteiger partial charge in [-0.05, 0) is 26.0 Å². The van der Waals surface area contributed by atoms with Gasteiger partial charge in [0.2, 0.25) is 5.91 Å². The largest absolute Gasteiger partial charge is 0.370 e. The monoisotopic (exact) mass is 287 g/mol. The maximum absolute atomic E-state index is 12.1. The highest BCUT2D eigenvalue weighted by Crippen LogP contribution is 2.13. The third-order valence-corrected chi connectivity index (χ3v) is 3.61. The molecule has 6 nitrogen and oxygen atoms in total. The first-order valence-electron chi connectivity index (χ1n) is 6.99. The van der Waals surface area contributed by atoms with Crippen molar-refractivity contribution in [2.24, 2.45) is 0 Å². The highest BCUT2D eigenvalue weighted by Gasteiger charge is 2.17. The van der Waals surface area contributed by atoms with E-state index in [9.17, 15) is 4.79 Å². The van der Waals surface area contributed by atoms with Crippen molar-refractivity contribution in [3.05, 3.63) is 43.0 Å². The minimum Gasteiger partial charge on any atom is -0.370 e. The van der Waals surface area contributed by atoms with E-state index in [0.717, 1.165) is 5.69 Å². The number of para-hydroxylation sites is 1. The molecule has 1 amide bonds. The summed E-state index contributed by atoms with van der Waals surface area (Å²) in [5.74, 6) is -0.0613. The molecule has 6 heteroatoms. The van der Waals surface area contributed by atoms with Crippen LogP contribution in [0.2, 0.25) is 0 Å². The van der Waals surface area contributed by atoms with Gasteiger partial charge in [-0.3, -0.25) is 4.79 Å². The summed E-state index contributed by atoms with van der Waals surface area (Å²) in [6.45, 7) is 4.45. The van der Waals surface area contributed by atoms with Gasteiger partial charge in [-0.2, -0.15) is 5.10 Å². The molecule has 0 aliphatic carbocycles. The fourth-order valence-corrected chi connectivity index (χ4v) is 1.99. The van der Waals surface area contributed by atoms with E-state index in [4.69, 9.17) is 0 Å². The second-order valence-corrected chi connectivity index (χ2v) is 5.09. The number of hydrogen-bond acceptors (Lipinski definition) is 4. The van der Waals surface area contributed by atoms with Gasteiger partial charge in [-0.15, -0.1) is 0 Å². The van der Waals surface area contributed by atoms with E-state index in [1.807, 2.05) is 25.2 Å². The number of aromatic nitrogens is 3. The van der Waals surface area contributed by atoms with Gasteiger partial charge in [0.15, 0.2) is 0 Å². The van der Waals surface area contributed by atoms with Crippen molar-refractivity contribution < 1.29 is 4.79 Å². The van der Waals surface area contributed by atoms with Gasteiger partial charge in [0.1, 0.15) is 18.7 Å². The normalized spacial score (nSPS) is 13.5. The molecule has 1 aromatic carbocycles. The number of benzene rings is 1. The average molecular weight is 287 g/mol. The van der Waals surface area contributed by atoms with Gasteiger partial charge in [-0.1, -0.05) is 18.2 Å². The molecule has 2 aromatic rings. The van der Waals surface area contributed by atoms with Crippen LogP contribution in [0.25, 0.3) is 0 Å². The summed E-state index contributed by atoms with van der Waals surface area (Å²) in [4.78, 5) is 18.1. The van der Waals surface area contributed by atoms with Crippen molar-refractivity contribution in [2.45, 2.75) is 25.9 Å². The number of hydrogen-bond donors (Lipinski definition) is 1. The van der Waals surface area contributed by atoms with Crippen LogP contribution in [0.4, 0.5) is 5.69 Å². The molecule has 0 saturated carbocycles. The first-order chi connectivity index (χ1) is 10.1. The molecule has 0 fully saturated rings. The lowest BCUT2D eigenvalue weighted by Crippen LogP contribution is -2.42. The molecule has 2 atom stereocenters. The Labute approximate surface area is 124 Å². The molecule has 112 valence electrons. The van der Waals surface area contributed by atoms with Crippen molar-refractivity contribution in [3.8, 4) is 0 Å². The fraction of sp³-hybridized carbons (Fsp3) is 0.400. The van der Waals surface area contributed by atoms with Gasteiger partial charge in [0.05, 0.1) is 0 Å². The van der Waals surface area contributed by atoms with E-state index in [0.29, 0.717) is 6.54 Å². The van der Waals surface area contributed by atoms with Crippen LogP contribution in [0.3, 0.4) is 0 Å². The number of amides is 1. The van der Waals surface area contributed by atoms with Crippen LogP contribution >= 0.6 is 0 Å². The van der Waals surface area contributed by atoms with Gasteiger partial charge in [0, 0.05) is 25.3 Å². The minimum absolute atomic E-state index is 0.0613. The number of carbonyl (C=O) groups excluding carboxylic acids is 1. The number of anilines is 1. The molecule has 1 N–H and O–H groups in total. The molecule has 0 aliphatic heterocycles. The van der Waals surface area contributed by atoms with E-state index in [1.165, 1.54) is 6.33 Å². The summed E-state index contributed by atoms with van der Waals surface area (Å²) in [5.41, 5.74) is 1.13. The molecular formula is C15H21N5O. The molecule has 2 rings (SSSR count). The number of rotatable bonds is 6. The molecule has 0 radical (unpaired) electrons. The van der Waals surface area contributed by atoms with Gasteiger partial charge in [-0.25, -0.2) is 9.67 Å². The third-order valence-electron chi connectivity index (χ3n) is 3.61. The second kappa shape index (κ2) is 6.88. The molecular weight excluding hydrogens is 266 g/mol. The summed E-state index contributed by atoms with van der Waals surface area (Å²) in [5, 5.41) is 6.93. The Hall–Kier alpha value is -2.37. The number of likely N-dealkylation sites (N-methyl/N-ethyl adjacent to an activating group) is 1. The number of nitrogens with one attached hydrogen (secondary N) is 1. The van der Waals surface area contributed by atoms with Crippen LogP contribution in [0.15, 0.2) is 43.0 Å². The molecule has 0 unspecified atom stereocenters. The van der Waals surface area contributed by atoms with E-state index in [-0.39, 0.29) is 18.0 Å². The van der Waals surface area contributed by atoms with Gasteiger partial charge in [0.25, 0.3) is 0 Å². The predicted octanol–water partition coefficient (Wildman–Crippen LogP) is 1.48. The maximum Gasteiger partial charge on any atom is 0.244 e. The SMILES string of the molecule is C[C@@H](CNC(=O)[C@H](C)n1cncn1)N(C)c1ccccc1. The Morgan fingerprint density at radius 2 is 2.05 bits per heavy atom. The first-order valence-corrected chi connectivity index (χ1v) is 6.99. The molecule has 21 heavy (non-hydrogen) atoms. The van der Waals surface area contributed by atoms with Crippen LogP contribution in [-0.2, 0) is 4.79 Å². The minimum atomic E-state index is -0.360. The quantitative estimate of drug-likeness (QED) is 0.874. The van der Waals surface area contributed by atoms with Gasteiger partial charge >= 0.3 is 0 Å². The standard InChI is InChI=1S/C15H21N5O/c1-12(19(3)14-7-5-4-6-8-14)9-17-15(21)13(2)20-11-16-10-18-20/h4-8,10-13H,9H2,1-3H3,(H,17,21)/t12-,13-/m0/s1. The van der Waals surface area contributed by atoms with Crippen molar-refractivity contribution in [1.29, 1.82) is 0 Å². The molecule has 0 saturated heterocycles. The van der Waals surface area contributed by atoms with Crippen molar-refractivity contribution in [2.75, 3.05) is 18.5 Å². The fourth-order valence-electron chi connectivity index (χ4n) is 1.99. The predicted molar refractivity (Wildman–Crippen MR) is 82.0 cm³/mol. The first kappa shape index (κ1) is 15.0. The number of carbonyl (C=O) groups is 1. The summed E-state index contributed by atoms with van der Waals surface area (Å²) in [6.07, 6.45) is 2.97. The summed E-state index contributed by atoms with van der Waals surface area (Å²) in [7, 11) is 2.02. The smallest absolute Gasteiger partial charge is 0.244 e. The number of nitrogens with zero attached hydrogens (tertiary/aromatic N) is 4. The van der Waals surface area contributed by atoms with Crippen molar-refractivity contribution in [1.82, 2.24) is 20.1 Å². The van der Waals surface area contributed by atoms with Crippen LogP contribution in [-0.4, -0.2) is 40.3 Å². The lowest BCUT2D eigenvalue weighted by molar-refractivity contribution is -0.124. The van der Waals surface area contributed by atoms with E-state index in [2.05, 4.69) is 39.4 Å². The maximum atomic E-state index is 12.1. The highest BCUT2D eigenvalue weighted by atomic mass is 16.2. The summed E-state index contributed by atoms with van der Waals surface area (Å²) in [6, 6.07) is 9.94. The Morgan fingerprint density at radius 1 is 1.33 bits per heavy atom. The Bertz CT molecular complexity index is 555. The van der Waals surface area contributed by atoms with Crippen molar-refractivity contribution >= 4 is 11.6 Å². The summed E-state index contributed by atoms with van der Waals surface area (Å²) >= 11 is 0. The Morgan fingerprint density at radius 3 is 2.67 bits per heavy atom. The van der Waals surface area contributed by atoms with Crippen LogP contribution in [0.5, 0.6) is 0 Å².